The normalized spacial score (nSPS) is 10.6. The van der Waals surface area contributed by atoms with Crippen LogP contribution in [0.25, 0.3) is 10.9 Å². The number of nitrogens with zero attached hydrogens (tertiary/aromatic N) is 2. The largest absolute Gasteiger partial charge is 0.480 e. The van der Waals surface area contributed by atoms with E-state index in [1.54, 1.807) is 0 Å². The summed E-state index contributed by atoms with van der Waals surface area (Å²) < 4.78 is 9.46. The quantitative estimate of drug-likeness (QED) is 0.771. The van der Waals surface area contributed by atoms with Gasteiger partial charge in [0, 0.05) is 23.7 Å². The molecule has 1 heterocycles. The first-order valence-electron chi connectivity index (χ1n) is 6.57. The molecule has 3 nitrogen and oxygen atoms in total. The molecular formula is C13H24N2OP4. The van der Waals surface area contributed by atoms with Gasteiger partial charge in [-0.3, -0.25) is 4.44 Å². The Morgan fingerprint density at radius 3 is 2.45 bits per heavy atom. The van der Waals surface area contributed by atoms with Crippen LogP contribution in [-0.2, 0) is 6.42 Å². The van der Waals surface area contributed by atoms with Crippen LogP contribution in [0, 0.1) is 6.92 Å². The molecule has 0 spiro atoms. The molecule has 0 fully saturated rings. The molecule has 0 bridgehead atoms. The summed E-state index contributed by atoms with van der Waals surface area (Å²) in [6.07, 6.45) is 3.18. The third-order valence-electron chi connectivity index (χ3n) is 3.05. The molecule has 2 rings (SSSR count). The van der Waals surface area contributed by atoms with Crippen LogP contribution in [0.5, 0.6) is 5.75 Å². The summed E-state index contributed by atoms with van der Waals surface area (Å²) in [5.41, 5.74) is 3.76. The van der Waals surface area contributed by atoms with Crippen LogP contribution in [0.2, 0.25) is 0 Å². The second-order valence-corrected chi connectivity index (χ2v) is 6.97. The van der Waals surface area contributed by atoms with Gasteiger partial charge in [-0.1, -0.05) is 32.6 Å². The fourth-order valence-electron chi connectivity index (χ4n) is 2.17. The molecule has 112 valence electrons. The molecule has 20 heavy (non-hydrogen) atoms. The van der Waals surface area contributed by atoms with E-state index < -0.39 is 0 Å². The van der Waals surface area contributed by atoms with Gasteiger partial charge in [-0.2, -0.15) is 0 Å². The van der Waals surface area contributed by atoms with Crippen molar-refractivity contribution in [3.05, 3.63) is 29.5 Å². The van der Waals surface area contributed by atoms with Gasteiger partial charge >= 0.3 is 0 Å². The van der Waals surface area contributed by atoms with Crippen molar-refractivity contribution >= 4 is 48.5 Å². The Morgan fingerprint density at radius 2 is 1.90 bits per heavy atom. The Balaban J connectivity index is 0.000000956. The minimum Gasteiger partial charge on any atom is -0.480 e. The monoisotopic (exact) mass is 348 g/mol. The summed E-state index contributed by atoms with van der Waals surface area (Å²) in [6.45, 7) is 7.08. The lowest BCUT2D eigenvalue weighted by atomic mass is 10.0. The maximum atomic E-state index is 5.32. The molecule has 1 aromatic carbocycles. The molecule has 0 aliphatic carbocycles. The molecule has 0 saturated carbocycles. The van der Waals surface area contributed by atoms with Crippen molar-refractivity contribution < 1.29 is 4.52 Å². The van der Waals surface area contributed by atoms with Gasteiger partial charge in [0.2, 0.25) is 0 Å². The average molecular weight is 348 g/mol. The Labute approximate surface area is 131 Å². The second-order valence-electron chi connectivity index (χ2n) is 4.25. The van der Waals surface area contributed by atoms with Crippen LogP contribution in [0.15, 0.2) is 18.3 Å². The van der Waals surface area contributed by atoms with Crippen LogP contribution in [0.1, 0.15) is 25.0 Å². The van der Waals surface area contributed by atoms with Crippen molar-refractivity contribution in [3.63, 3.8) is 0 Å². The van der Waals surface area contributed by atoms with E-state index in [9.17, 15) is 0 Å². The van der Waals surface area contributed by atoms with Crippen LogP contribution in [-0.4, -0.2) is 15.3 Å². The first-order valence-corrected chi connectivity index (χ1v) is 8.59. The van der Waals surface area contributed by atoms with E-state index in [2.05, 4.69) is 61.2 Å². The van der Waals surface area contributed by atoms with E-state index in [4.69, 9.17) is 4.52 Å². The maximum absolute atomic E-state index is 5.32. The highest BCUT2D eigenvalue weighted by atomic mass is 31.1. The van der Waals surface area contributed by atoms with Gasteiger partial charge in [-0.15, -0.1) is 0 Å². The summed E-state index contributed by atoms with van der Waals surface area (Å²) in [5, 5.41) is 1.29. The number of fused-ring (bicyclic) bond motifs is 1. The molecule has 0 radical (unpaired) electrons. The molecule has 0 N–H and O–H groups in total. The number of aryl methyl sites for hydroxylation is 1. The fourth-order valence-corrected chi connectivity index (χ4v) is 3.08. The van der Waals surface area contributed by atoms with Crippen LogP contribution in [0.3, 0.4) is 0 Å². The standard InChI is InChI=1S/C11H18N2OP4.C2H6/c1-7-10(14-18)3-2-9-11(7)8(6-12(9)15)4-5-13(16)17;1-2/h2-3,6H,4-5,15-18H2,1H3;1-2H3. The van der Waals surface area contributed by atoms with Crippen molar-refractivity contribution in [2.75, 3.05) is 6.54 Å². The first-order chi connectivity index (χ1) is 9.54. The number of aromatic nitrogens is 1. The predicted molar refractivity (Wildman–Crippen MR) is 103 cm³/mol. The Bertz CT molecular complexity index is 569. The minimum absolute atomic E-state index is 0.915. The molecule has 1 aromatic heterocycles. The SMILES string of the molecule is CC.Cc1c(OP)ccc2c1c(CCN(P)P)cn2P. The zero-order valence-electron chi connectivity index (χ0n) is 12.3. The molecular weight excluding hydrogens is 324 g/mol. The maximum Gasteiger partial charge on any atom is 0.126 e. The zero-order valence-corrected chi connectivity index (χ0v) is 16.9. The molecule has 0 aliphatic heterocycles. The number of benzene rings is 1. The van der Waals surface area contributed by atoms with Crippen molar-refractivity contribution in [2.24, 2.45) is 0 Å². The predicted octanol–water partition coefficient (Wildman–Crippen LogP) is 4.21. The lowest BCUT2D eigenvalue weighted by Crippen LogP contribution is -2.02. The third-order valence-corrected chi connectivity index (χ3v) is 4.25. The Morgan fingerprint density at radius 1 is 1.25 bits per heavy atom. The van der Waals surface area contributed by atoms with Gasteiger partial charge in [-0.25, -0.2) is 0 Å². The highest BCUT2D eigenvalue weighted by molar-refractivity contribution is 7.30. The van der Waals surface area contributed by atoms with Gasteiger partial charge in [0.05, 0.1) is 15.0 Å². The zero-order chi connectivity index (χ0) is 15.3. The summed E-state index contributed by atoms with van der Waals surface area (Å²) in [4.78, 5) is 0. The van der Waals surface area contributed by atoms with Crippen LogP contribution in [0.4, 0.5) is 0 Å². The minimum atomic E-state index is 0.915. The molecule has 4 unspecified atom stereocenters. The molecule has 7 heteroatoms. The van der Waals surface area contributed by atoms with E-state index >= 15 is 0 Å². The molecule has 0 saturated heterocycles. The van der Waals surface area contributed by atoms with E-state index in [0.717, 1.165) is 18.7 Å². The fraction of sp³-hybridized carbons (Fsp3) is 0.385. The smallest absolute Gasteiger partial charge is 0.126 e. The van der Waals surface area contributed by atoms with Gasteiger partial charge < -0.3 is 8.86 Å². The van der Waals surface area contributed by atoms with Crippen molar-refractivity contribution in [2.45, 2.75) is 27.2 Å². The summed E-state index contributed by atoms with van der Waals surface area (Å²) >= 11 is 0. The van der Waals surface area contributed by atoms with Gasteiger partial charge in [-0.05, 0) is 40.4 Å². The van der Waals surface area contributed by atoms with Gasteiger partial charge in [0.15, 0.2) is 0 Å². The Kier molecular flexibility index (Phi) is 7.89. The summed E-state index contributed by atoms with van der Waals surface area (Å²) in [6, 6.07) is 4.10. The third kappa shape index (κ3) is 4.13. The summed E-state index contributed by atoms with van der Waals surface area (Å²) in [5.74, 6) is 0.915. The van der Waals surface area contributed by atoms with Gasteiger partial charge in [0.1, 0.15) is 5.75 Å². The highest BCUT2D eigenvalue weighted by Crippen LogP contribution is 2.33. The lowest BCUT2D eigenvalue weighted by Gasteiger charge is -2.10. The van der Waals surface area contributed by atoms with Crippen molar-refractivity contribution in [3.8, 4) is 5.75 Å². The number of hydrogen-bond donors (Lipinski definition) is 0. The van der Waals surface area contributed by atoms with E-state index in [1.165, 1.54) is 22.0 Å². The van der Waals surface area contributed by atoms with Gasteiger partial charge in [0.25, 0.3) is 0 Å². The van der Waals surface area contributed by atoms with E-state index in [-0.39, 0.29) is 0 Å². The van der Waals surface area contributed by atoms with Crippen molar-refractivity contribution in [1.29, 1.82) is 0 Å². The average Bonchev–Trinajstić information content (AvgIpc) is 2.77. The van der Waals surface area contributed by atoms with E-state index in [0.29, 0.717) is 0 Å². The topological polar surface area (TPSA) is 17.4 Å². The van der Waals surface area contributed by atoms with Crippen LogP contribution >= 0.6 is 37.6 Å². The van der Waals surface area contributed by atoms with Crippen molar-refractivity contribution in [1.82, 2.24) is 8.78 Å². The lowest BCUT2D eigenvalue weighted by molar-refractivity contribution is 0.641. The second kappa shape index (κ2) is 8.63. The molecule has 4 atom stereocenters. The Hall–Kier alpha value is 0.240. The summed E-state index contributed by atoms with van der Waals surface area (Å²) in [7, 11) is 10.4. The number of rotatable bonds is 4. The molecule has 2 aromatic rings. The number of hydrogen-bond acceptors (Lipinski definition) is 2. The molecule has 0 aliphatic rings. The van der Waals surface area contributed by atoms with E-state index in [1.807, 2.05) is 24.4 Å². The van der Waals surface area contributed by atoms with Crippen LogP contribution < -0.4 is 4.52 Å². The highest BCUT2D eigenvalue weighted by Gasteiger charge is 2.12. The molecule has 0 amide bonds. The first kappa shape index (κ1) is 18.3.